The van der Waals surface area contributed by atoms with Crippen LogP contribution in [-0.4, -0.2) is 28.2 Å². The lowest BCUT2D eigenvalue weighted by molar-refractivity contribution is 0.592. The summed E-state index contributed by atoms with van der Waals surface area (Å²) in [5.74, 6) is -0.564. The summed E-state index contributed by atoms with van der Waals surface area (Å²) in [4.78, 5) is 3.58. The van der Waals surface area contributed by atoms with E-state index in [1.807, 2.05) is 0 Å². The molecule has 0 saturated carbocycles. The van der Waals surface area contributed by atoms with E-state index in [9.17, 15) is 12.8 Å². The predicted molar refractivity (Wildman–Crippen MR) is 57.2 cm³/mol. The lowest BCUT2D eigenvalue weighted by Gasteiger charge is -2.02. The Kier molecular flexibility index (Phi) is 2.84. The smallest absolute Gasteiger partial charge is 0.296 e. The number of pyridine rings is 1. The van der Waals surface area contributed by atoms with Crippen molar-refractivity contribution >= 4 is 19.7 Å². The van der Waals surface area contributed by atoms with E-state index in [4.69, 9.17) is 10.7 Å². The first-order valence-corrected chi connectivity index (χ1v) is 6.66. The molecular weight excluding hydrogens is 271 g/mol. The summed E-state index contributed by atoms with van der Waals surface area (Å²) in [6, 6.07) is 1.37. The van der Waals surface area contributed by atoms with Crippen LogP contribution in [0.5, 0.6) is 0 Å². The van der Waals surface area contributed by atoms with E-state index < -0.39 is 20.0 Å². The van der Waals surface area contributed by atoms with Crippen LogP contribution in [0.25, 0.3) is 11.4 Å². The van der Waals surface area contributed by atoms with Gasteiger partial charge in [-0.1, -0.05) is 0 Å². The van der Waals surface area contributed by atoms with Gasteiger partial charge in [0, 0.05) is 23.9 Å². The van der Waals surface area contributed by atoms with E-state index in [0.717, 1.165) is 10.8 Å². The molecule has 9 heteroatoms. The maximum absolute atomic E-state index is 13.4. The number of hydrogen-bond acceptors (Lipinski definition) is 5. The highest BCUT2D eigenvalue weighted by Crippen LogP contribution is 2.22. The van der Waals surface area contributed by atoms with E-state index in [1.54, 1.807) is 0 Å². The van der Waals surface area contributed by atoms with Crippen molar-refractivity contribution in [2.75, 3.05) is 0 Å². The largest absolute Gasteiger partial charge is 0.300 e. The fourth-order valence-corrected chi connectivity index (χ4v) is 2.27. The van der Waals surface area contributed by atoms with Gasteiger partial charge in [0.25, 0.3) is 14.2 Å². The summed E-state index contributed by atoms with van der Waals surface area (Å²) in [5, 5.41) is 6.57. The number of halogens is 2. The molecule has 0 N–H and O–H groups in total. The molecule has 17 heavy (non-hydrogen) atoms. The molecule has 2 aromatic rings. The average molecular weight is 277 g/mol. The number of aromatic nitrogens is 4. The SMILES string of the molecule is Cn1c(-c2ccncc2F)nnc1S(=O)(=O)Cl. The van der Waals surface area contributed by atoms with Crippen molar-refractivity contribution in [3.05, 3.63) is 24.3 Å². The van der Waals surface area contributed by atoms with E-state index >= 15 is 0 Å². The molecular formula is C8H6ClFN4O2S. The Balaban J connectivity index is 2.64. The number of hydrogen-bond donors (Lipinski definition) is 0. The third-order valence-electron chi connectivity index (χ3n) is 2.07. The van der Waals surface area contributed by atoms with Crippen LogP contribution < -0.4 is 0 Å². The minimum Gasteiger partial charge on any atom is -0.300 e. The number of nitrogens with zero attached hydrogens (tertiary/aromatic N) is 4. The van der Waals surface area contributed by atoms with Crippen LogP contribution in [0.1, 0.15) is 0 Å². The highest BCUT2D eigenvalue weighted by molar-refractivity contribution is 8.13. The molecule has 0 atom stereocenters. The average Bonchev–Trinajstić information content (AvgIpc) is 2.60. The Morgan fingerprint density at radius 3 is 2.65 bits per heavy atom. The molecule has 0 aliphatic carbocycles. The third kappa shape index (κ3) is 2.13. The predicted octanol–water partition coefficient (Wildman–Crippen LogP) is 0.944. The highest BCUT2D eigenvalue weighted by atomic mass is 35.7. The summed E-state index contributed by atoms with van der Waals surface area (Å²) >= 11 is 0. The van der Waals surface area contributed by atoms with Crippen LogP contribution in [0.4, 0.5) is 4.39 Å². The maximum Gasteiger partial charge on any atom is 0.296 e. The van der Waals surface area contributed by atoms with E-state index in [-0.39, 0.29) is 11.4 Å². The Bertz CT molecular complexity index is 670. The van der Waals surface area contributed by atoms with Crippen molar-refractivity contribution in [1.29, 1.82) is 0 Å². The van der Waals surface area contributed by atoms with Crippen molar-refractivity contribution in [3.8, 4) is 11.4 Å². The summed E-state index contributed by atoms with van der Waals surface area (Å²) in [7, 11) is 2.52. The Morgan fingerprint density at radius 2 is 2.12 bits per heavy atom. The zero-order valence-electron chi connectivity index (χ0n) is 8.50. The second kappa shape index (κ2) is 4.04. The van der Waals surface area contributed by atoms with Gasteiger partial charge in [-0.15, -0.1) is 10.2 Å². The Labute approximate surface area is 100 Å². The molecule has 0 aliphatic heterocycles. The van der Waals surface area contributed by atoms with Crippen molar-refractivity contribution in [1.82, 2.24) is 19.7 Å². The zero-order chi connectivity index (χ0) is 12.6. The second-order valence-electron chi connectivity index (χ2n) is 3.16. The van der Waals surface area contributed by atoms with Gasteiger partial charge in [-0.05, 0) is 6.07 Å². The molecule has 0 fully saturated rings. The minimum atomic E-state index is -4.01. The van der Waals surface area contributed by atoms with Gasteiger partial charge in [0.2, 0.25) is 0 Å². The quantitative estimate of drug-likeness (QED) is 0.763. The van der Waals surface area contributed by atoms with E-state index in [1.165, 1.54) is 19.3 Å². The molecule has 0 bridgehead atoms. The van der Waals surface area contributed by atoms with Gasteiger partial charge in [-0.2, -0.15) is 0 Å². The first-order valence-electron chi connectivity index (χ1n) is 4.35. The van der Waals surface area contributed by atoms with E-state index in [0.29, 0.717) is 0 Å². The second-order valence-corrected chi connectivity index (χ2v) is 5.62. The first-order chi connectivity index (χ1) is 7.91. The van der Waals surface area contributed by atoms with Gasteiger partial charge < -0.3 is 0 Å². The van der Waals surface area contributed by atoms with Crippen molar-refractivity contribution in [2.24, 2.45) is 7.05 Å². The first kappa shape index (κ1) is 11.9. The van der Waals surface area contributed by atoms with Crippen LogP contribution >= 0.6 is 10.7 Å². The molecule has 0 radical (unpaired) electrons. The van der Waals surface area contributed by atoms with Crippen LogP contribution in [-0.2, 0) is 16.1 Å². The van der Waals surface area contributed by atoms with Gasteiger partial charge >= 0.3 is 0 Å². The molecule has 0 aromatic carbocycles. The molecule has 0 aliphatic rings. The number of rotatable bonds is 2. The molecule has 0 amide bonds. The van der Waals surface area contributed by atoms with Gasteiger partial charge in [-0.25, -0.2) is 12.8 Å². The fraction of sp³-hybridized carbons (Fsp3) is 0.125. The van der Waals surface area contributed by atoms with Gasteiger partial charge in [-0.3, -0.25) is 9.55 Å². The third-order valence-corrected chi connectivity index (χ3v) is 3.27. The fourth-order valence-electron chi connectivity index (χ4n) is 1.32. The van der Waals surface area contributed by atoms with Crippen LogP contribution in [0, 0.1) is 5.82 Å². The summed E-state index contributed by atoms with van der Waals surface area (Å²) in [6.07, 6.45) is 2.36. The maximum atomic E-state index is 13.4. The molecule has 0 spiro atoms. The lowest BCUT2D eigenvalue weighted by atomic mass is 10.2. The van der Waals surface area contributed by atoms with Crippen LogP contribution in [0.3, 0.4) is 0 Å². The molecule has 90 valence electrons. The molecule has 0 saturated heterocycles. The Hall–Kier alpha value is -1.54. The molecule has 6 nitrogen and oxygen atoms in total. The lowest BCUT2D eigenvalue weighted by Crippen LogP contribution is -2.03. The molecule has 2 aromatic heterocycles. The molecule has 2 heterocycles. The summed E-state index contributed by atoms with van der Waals surface area (Å²) in [5.41, 5.74) is 0.0987. The summed E-state index contributed by atoms with van der Waals surface area (Å²) < 4.78 is 36.8. The van der Waals surface area contributed by atoms with Crippen molar-refractivity contribution < 1.29 is 12.8 Å². The minimum absolute atomic E-state index is 0.0594. The standard InChI is InChI=1S/C8H6ClFN4O2S/c1-14-7(5-2-3-11-4-6(5)10)12-13-8(14)17(9,15)16/h2-4H,1H3. The normalized spacial score (nSPS) is 11.7. The van der Waals surface area contributed by atoms with Crippen LogP contribution in [0.2, 0.25) is 0 Å². The van der Waals surface area contributed by atoms with Crippen molar-refractivity contribution in [3.63, 3.8) is 0 Å². The van der Waals surface area contributed by atoms with Gasteiger partial charge in [0.15, 0.2) is 11.6 Å². The van der Waals surface area contributed by atoms with E-state index in [2.05, 4.69) is 15.2 Å². The Morgan fingerprint density at radius 1 is 1.41 bits per heavy atom. The van der Waals surface area contributed by atoms with Crippen LogP contribution in [0.15, 0.2) is 23.6 Å². The zero-order valence-corrected chi connectivity index (χ0v) is 10.1. The molecule has 2 rings (SSSR count). The molecule has 0 unspecified atom stereocenters. The van der Waals surface area contributed by atoms with Gasteiger partial charge in [0.1, 0.15) is 0 Å². The van der Waals surface area contributed by atoms with Crippen molar-refractivity contribution in [2.45, 2.75) is 5.16 Å². The highest BCUT2D eigenvalue weighted by Gasteiger charge is 2.22. The summed E-state index contributed by atoms with van der Waals surface area (Å²) in [6.45, 7) is 0. The monoisotopic (exact) mass is 276 g/mol. The van der Waals surface area contributed by atoms with Gasteiger partial charge in [0.05, 0.1) is 11.8 Å². The topological polar surface area (TPSA) is 77.7 Å².